The molecule has 0 N–H and O–H groups in total. The molecule has 160 valence electrons. The van der Waals surface area contributed by atoms with Crippen LogP contribution >= 0.6 is 0 Å². The van der Waals surface area contributed by atoms with Gasteiger partial charge in [-0.3, -0.25) is 0 Å². The molecule has 0 radical (unpaired) electrons. The molecular formula is C30H27N2Si+. The Bertz CT molecular complexity index is 1920. The quantitative estimate of drug-likeness (QED) is 0.114. The molecule has 0 unspecified atom stereocenters. The molecule has 0 aliphatic heterocycles. The van der Waals surface area contributed by atoms with Crippen LogP contribution in [0.2, 0.25) is 19.6 Å². The molecule has 4 aromatic carbocycles. The summed E-state index contributed by atoms with van der Waals surface area (Å²) in [4.78, 5) is 0. The average molecular weight is 444 g/mol. The Balaban J connectivity index is 1.95. The third-order valence-corrected chi connectivity index (χ3v) is 9.68. The van der Waals surface area contributed by atoms with E-state index in [2.05, 4.69) is 115 Å². The Morgan fingerprint density at radius 1 is 0.727 bits per heavy atom. The number of pyridine rings is 2. The molecule has 0 saturated carbocycles. The molecule has 7 rings (SSSR count). The smallest absolute Gasteiger partial charge is 0.238 e. The molecule has 3 aromatic heterocycles. The fourth-order valence-electron chi connectivity index (χ4n) is 6.00. The zero-order valence-electron chi connectivity index (χ0n) is 19.8. The number of nitrogens with zero attached hydrogens (tertiary/aromatic N) is 2. The van der Waals surface area contributed by atoms with Gasteiger partial charge in [0.2, 0.25) is 11.0 Å². The lowest BCUT2D eigenvalue weighted by atomic mass is 9.97. The van der Waals surface area contributed by atoms with Gasteiger partial charge < -0.3 is 4.40 Å². The van der Waals surface area contributed by atoms with Gasteiger partial charge in [-0.05, 0) is 36.1 Å². The second-order valence-corrected chi connectivity index (χ2v) is 15.7. The van der Waals surface area contributed by atoms with E-state index in [0.717, 1.165) is 0 Å². The summed E-state index contributed by atoms with van der Waals surface area (Å²) in [7, 11) is 0.778. The van der Waals surface area contributed by atoms with Crippen molar-refractivity contribution < 1.29 is 4.57 Å². The lowest BCUT2D eigenvalue weighted by Gasteiger charge is -2.17. The molecule has 0 fully saturated rings. The summed E-state index contributed by atoms with van der Waals surface area (Å²) < 4.78 is 4.98. The molecule has 3 heteroatoms. The minimum Gasteiger partial charge on any atom is -0.303 e. The number of aromatic nitrogens is 2. The van der Waals surface area contributed by atoms with E-state index in [4.69, 9.17) is 0 Å². The predicted octanol–water partition coefficient (Wildman–Crippen LogP) is 6.82. The summed E-state index contributed by atoms with van der Waals surface area (Å²) in [6.45, 7) is 9.57. The van der Waals surface area contributed by atoms with Crippen molar-refractivity contribution in [1.82, 2.24) is 4.40 Å². The maximum absolute atomic E-state index is 2.56. The van der Waals surface area contributed by atoms with Crippen molar-refractivity contribution in [2.75, 3.05) is 0 Å². The van der Waals surface area contributed by atoms with Crippen molar-refractivity contribution in [3.63, 3.8) is 0 Å². The summed E-state index contributed by atoms with van der Waals surface area (Å²) in [5, 5.41) is 9.62. The number of rotatable bonds is 1. The largest absolute Gasteiger partial charge is 0.303 e. The summed E-state index contributed by atoms with van der Waals surface area (Å²) in [6.07, 6.45) is 0. The zero-order chi connectivity index (χ0) is 22.6. The summed E-state index contributed by atoms with van der Waals surface area (Å²) in [5.74, 6) is 0. The van der Waals surface area contributed by atoms with E-state index in [-0.39, 0.29) is 0 Å². The van der Waals surface area contributed by atoms with Crippen LogP contribution in [0.4, 0.5) is 0 Å². The van der Waals surface area contributed by atoms with Crippen LogP contribution in [0.25, 0.3) is 59.9 Å². The molecule has 0 amide bonds. The first kappa shape index (κ1) is 19.1. The first-order chi connectivity index (χ1) is 15.9. The molecule has 0 atom stereocenters. The van der Waals surface area contributed by atoms with Crippen LogP contribution in [0.1, 0.15) is 5.56 Å². The number of hydrogen-bond acceptors (Lipinski definition) is 0. The summed E-state index contributed by atoms with van der Waals surface area (Å²) >= 11 is 0. The van der Waals surface area contributed by atoms with Crippen molar-refractivity contribution in [1.29, 1.82) is 0 Å². The highest BCUT2D eigenvalue weighted by Gasteiger charge is 2.28. The topological polar surface area (TPSA) is 8.29 Å². The molecule has 0 spiro atoms. The standard InChI is InChI=1S/C30H27N2Si/c1-18-13-14-19-9-8-12-24-27(19)26(18)29-30-28(21-10-6-7-11-23(21)31(29)2)22-16-15-20(33(3,4)5)17-25(22)32(24)30/h6-17H,1-5H3/q+1. The van der Waals surface area contributed by atoms with Crippen LogP contribution in [0, 0.1) is 6.92 Å². The van der Waals surface area contributed by atoms with E-state index in [1.54, 1.807) is 0 Å². The van der Waals surface area contributed by atoms with Gasteiger partial charge in [-0.25, -0.2) is 0 Å². The molecule has 7 aromatic rings. The minimum atomic E-state index is -1.46. The monoisotopic (exact) mass is 443 g/mol. The van der Waals surface area contributed by atoms with Gasteiger partial charge in [0.15, 0.2) is 0 Å². The highest BCUT2D eigenvalue weighted by atomic mass is 28.3. The van der Waals surface area contributed by atoms with Crippen LogP contribution < -0.4 is 9.75 Å². The maximum Gasteiger partial charge on any atom is 0.238 e. The molecule has 0 aliphatic rings. The van der Waals surface area contributed by atoms with Crippen LogP contribution in [0.5, 0.6) is 0 Å². The van der Waals surface area contributed by atoms with Gasteiger partial charge in [-0.1, -0.05) is 73.4 Å². The third kappa shape index (κ3) is 2.30. The van der Waals surface area contributed by atoms with E-state index in [9.17, 15) is 0 Å². The highest BCUT2D eigenvalue weighted by Crippen LogP contribution is 2.42. The molecule has 33 heavy (non-hydrogen) atoms. The Morgan fingerprint density at radius 2 is 1.55 bits per heavy atom. The molecule has 0 saturated heterocycles. The van der Waals surface area contributed by atoms with Gasteiger partial charge in [0, 0.05) is 22.2 Å². The Kier molecular flexibility index (Phi) is 3.54. The number of para-hydroxylation sites is 1. The molecule has 2 nitrogen and oxygen atoms in total. The number of aryl methyl sites for hydroxylation is 2. The average Bonchev–Trinajstić information content (AvgIpc) is 3.14. The fraction of sp³-hybridized carbons (Fsp3) is 0.167. The lowest BCUT2D eigenvalue weighted by Crippen LogP contribution is -2.37. The number of hydrogen-bond donors (Lipinski definition) is 0. The van der Waals surface area contributed by atoms with Gasteiger partial charge in [0.25, 0.3) is 0 Å². The Labute approximate surface area is 194 Å². The highest BCUT2D eigenvalue weighted by molar-refractivity contribution is 6.88. The van der Waals surface area contributed by atoms with Crippen molar-refractivity contribution in [2.45, 2.75) is 26.6 Å². The second-order valence-electron chi connectivity index (χ2n) is 10.6. The summed E-state index contributed by atoms with van der Waals surface area (Å²) in [6, 6.07) is 27.5. The van der Waals surface area contributed by atoms with Crippen LogP contribution in [-0.2, 0) is 7.05 Å². The Hall–Kier alpha value is -3.43. The van der Waals surface area contributed by atoms with Crippen molar-refractivity contribution in [2.24, 2.45) is 7.05 Å². The zero-order valence-corrected chi connectivity index (χ0v) is 20.8. The second kappa shape index (κ2) is 6.12. The SMILES string of the molecule is Cc1ccc2cccc3c2c1c1c2c(c4ccc([Si](C)(C)C)cc4n32)c2ccccc2[n+]1C. The normalized spacial score (nSPS) is 13.0. The molecule has 0 aliphatic carbocycles. The molecule has 3 heterocycles. The van der Waals surface area contributed by atoms with E-state index >= 15 is 0 Å². The van der Waals surface area contributed by atoms with Crippen molar-refractivity contribution >= 4 is 73.2 Å². The maximum atomic E-state index is 2.56. The minimum absolute atomic E-state index is 1.28. The van der Waals surface area contributed by atoms with Gasteiger partial charge in [-0.2, -0.15) is 4.57 Å². The first-order valence-electron chi connectivity index (χ1n) is 11.8. The Morgan fingerprint density at radius 3 is 2.36 bits per heavy atom. The lowest BCUT2D eigenvalue weighted by molar-refractivity contribution is -0.616. The van der Waals surface area contributed by atoms with Gasteiger partial charge in [0.1, 0.15) is 12.6 Å². The van der Waals surface area contributed by atoms with E-state index in [1.165, 1.54) is 70.7 Å². The van der Waals surface area contributed by atoms with Gasteiger partial charge in [-0.15, -0.1) is 0 Å². The van der Waals surface area contributed by atoms with E-state index < -0.39 is 8.07 Å². The van der Waals surface area contributed by atoms with Crippen LogP contribution in [0.15, 0.2) is 72.8 Å². The van der Waals surface area contributed by atoms with Crippen molar-refractivity contribution in [3.8, 4) is 0 Å². The van der Waals surface area contributed by atoms with Gasteiger partial charge >= 0.3 is 0 Å². The number of benzene rings is 4. The third-order valence-electron chi connectivity index (χ3n) is 7.64. The number of fused-ring (bicyclic) bond motifs is 7. The van der Waals surface area contributed by atoms with Crippen molar-refractivity contribution in [3.05, 3.63) is 78.4 Å². The molecule has 0 bridgehead atoms. The predicted molar refractivity (Wildman–Crippen MR) is 145 cm³/mol. The van der Waals surface area contributed by atoms with Crippen LogP contribution in [-0.4, -0.2) is 12.5 Å². The summed E-state index contributed by atoms with van der Waals surface area (Å²) in [5.41, 5.74) is 7.93. The molecular weight excluding hydrogens is 416 g/mol. The van der Waals surface area contributed by atoms with E-state index in [1.807, 2.05) is 0 Å². The first-order valence-corrected chi connectivity index (χ1v) is 15.3. The van der Waals surface area contributed by atoms with Gasteiger partial charge in [0.05, 0.1) is 29.9 Å². The van der Waals surface area contributed by atoms with Crippen LogP contribution in [0.3, 0.4) is 0 Å². The fourth-order valence-corrected chi connectivity index (χ4v) is 7.15. The van der Waals surface area contributed by atoms with E-state index in [0.29, 0.717) is 0 Å².